The Labute approximate surface area is 272 Å². The first kappa shape index (κ1) is 12.4. The predicted molar refractivity (Wildman–Crippen MR) is 179 cm³/mol. The zero-order valence-electron chi connectivity index (χ0n) is 38.5. The molecule has 1 nitrogen and oxygen atoms in total. The maximum atomic E-state index is 9.32. The number of hydrogen-bond acceptors (Lipinski definition) is 1. The van der Waals surface area contributed by atoms with Gasteiger partial charge >= 0.3 is 0 Å². The minimum atomic E-state index is -0.715. The summed E-state index contributed by atoms with van der Waals surface area (Å²) in [6, 6.07) is 4.42. The van der Waals surface area contributed by atoms with E-state index in [1.807, 2.05) is 12.1 Å². The first-order valence-corrected chi connectivity index (χ1v) is 13.8. The maximum Gasteiger partial charge on any atom is 0.0645 e. The molecule has 0 bridgehead atoms. The van der Waals surface area contributed by atoms with E-state index in [1.54, 1.807) is 36.4 Å². The number of benzene rings is 7. The molecule has 0 N–H and O–H groups in total. The number of hydrogen-bond donors (Lipinski definition) is 0. The Morgan fingerprint density at radius 1 is 0.500 bits per heavy atom. The molecule has 2 heterocycles. The lowest BCUT2D eigenvalue weighted by Gasteiger charge is -2.23. The lowest BCUT2D eigenvalue weighted by atomic mass is 9.91. The molecule has 1 aliphatic heterocycles. The van der Waals surface area contributed by atoms with Crippen LogP contribution in [0.5, 0.6) is 0 Å². The summed E-state index contributed by atoms with van der Waals surface area (Å²) in [7, 11) is 0. The van der Waals surface area contributed by atoms with Gasteiger partial charge in [0.1, 0.15) is 0 Å². The van der Waals surface area contributed by atoms with E-state index in [0.717, 1.165) is 19.7 Å². The molecule has 8 aromatic rings. The number of fused-ring (bicyclic) bond motifs is 5. The van der Waals surface area contributed by atoms with Gasteiger partial charge < -0.3 is 4.57 Å². The summed E-state index contributed by atoms with van der Waals surface area (Å²) in [6.45, 7) is 0. The summed E-state index contributed by atoms with van der Waals surface area (Å²) in [4.78, 5) is 1.60. The summed E-state index contributed by atoms with van der Waals surface area (Å²) in [5, 5.41) is 0.951. The second kappa shape index (κ2) is 9.24. The van der Waals surface area contributed by atoms with Crippen LogP contribution in [0.4, 0.5) is 0 Å². The monoisotopic (exact) mass is 568 g/mol. The first-order chi connectivity index (χ1) is 27.9. The van der Waals surface area contributed by atoms with Crippen molar-refractivity contribution in [2.45, 2.75) is 9.79 Å². The van der Waals surface area contributed by atoms with Crippen LogP contribution < -0.4 is 0 Å². The first-order valence-electron chi connectivity index (χ1n) is 21.5. The molecule has 2 heteroatoms. The SMILES string of the molecule is [2H]c1c([2H])c([2H])c(-c2ccc3c4c(cccc24)-c2cc(-c4c([2H])c([2H])c([2H])c5c6c([2H])c([2H])c([2H])c([2H])c6n(-c6c([2H])c([2H])c([2H])c([2H])c6[2H])c45)ccc2S3)c([2H])c1[2H]. The highest BCUT2D eigenvalue weighted by molar-refractivity contribution is 7.99. The zero-order valence-corrected chi connectivity index (χ0v) is 22.3. The molecule has 0 atom stereocenters. The van der Waals surface area contributed by atoms with Crippen LogP contribution in [-0.2, 0) is 0 Å². The van der Waals surface area contributed by atoms with Crippen LogP contribution in [-0.4, -0.2) is 4.57 Å². The smallest absolute Gasteiger partial charge is 0.0645 e. The second-order valence-corrected chi connectivity index (χ2v) is 10.7. The Hall–Kier alpha value is -5.05. The molecule has 0 aliphatic carbocycles. The third-order valence-corrected chi connectivity index (χ3v) is 8.61. The van der Waals surface area contributed by atoms with Gasteiger partial charge in [-0.15, -0.1) is 0 Å². The topological polar surface area (TPSA) is 4.93 Å². The van der Waals surface area contributed by atoms with Gasteiger partial charge in [0.2, 0.25) is 0 Å². The van der Waals surface area contributed by atoms with Crippen LogP contribution in [0.15, 0.2) is 161 Å². The van der Waals surface area contributed by atoms with Gasteiger partial charge in [0, 0.05) is 37.2 Å². The van der Waals surface area contributed by atoms with Crippen LogP contribution in [0.2, 0.25) is 0 Å². The second-order valence-electron chi connectivity index (χ2n) is 9.66. The van der Waals surface area contributed by atoms with E-state index in [2.05, 4.69) is 0 Å². The van der Waals surface area contributed by atoms with E-state index in [0.29, 0.717) is 27.6 Å². The van der Waals surface area contributed by atoms with Gasteiger partial charge in [0.05, 0.1) is 34.3 Å². The Bertz CT molecular complexity index is 3220. The summed E-state index contributed by atoms with van der Waals surface area (Å²) in [6.07, 6.45) is 0. The van der Waals surface area contributed by atoms with Gasteiger partial charge in [-0.25, -0.2) is 0 Å². The van der Waals surface area contributed by atoms with E-state index in [4.69, 9.17) is 21.9 Å². The van der Waals surface area contributed by atoms with Crippen LogP contribution >= 0.6 is 11.8 Å². The fourth-order valence-corrected chi connectivity index (χ4v) is 6.86. The van der Waals surface area contributed by atoms with E-state index < -0.39 is 96.3 Å². The van der Waals surface area contributed by atoms with Gasteiger partial charge in [-0.1, -0.05) is 127 Å². The van der Waals surface area contributed by atoms with Crippen LogP contribution in [0.1, 0.15) is 23.3 Å². The van der Waals surface area contributed by atoms with Gasteiger partial charge in [-0.05, 0) is 69.5 Å². The zero-order chi connectivity index (χ0) is 42.4. The largest absolute Gasteiger partial charge is 0.309 e. The standard InChI is InChI=1S/C40H25NS/c1-3-11-26(12-4-1)29-22-24-38-39-32(29)17-10-18-33(39)35-25-27(21-23-37(35)42-38)30-16-9-19-34-31-15-7-8-20-36(31)41(40(30)34)28-13-5-2-6-14-28/h1-25H/i1D,2D,3D,4D,5D,6D,7D,8D,9D,11D,12D,13D,14D,15D,16D,19D,20D. The quantitative estimate of drug-likeness (QED) is 0.205. The average molecular weight is 569 g/mol. The molecule has 0 spiro atoms. The highest BCUT2D eigenvalue weighted by atomic mass is 32.2. The Morgan fingerprint density at radius 2 is 1.26 bits per heavy atom. The van der Waals surface area contributed by atoms with Crippen molar-refractivity contribution in [1.82, 2.24) is 4.57 Å². The van der Waals surface area contributed by atoms with Crippen molar-refractivity contribution in [3.63, 3.8) is 0 Å². The molecule has 0 saturated heterocycles. The number of nitrogens with zero attached hydrogens (tertiary/aromatic N) is 1. The summed E-state index contributed by atoms with van der Waals surface area (Å²) in [5.41, 5.74) is 1.18. The van der Waals surface area contributed by atoms with Crippen molar-refractivity contribution >= 4 is 44.3 Å². The Kier molecular flexibility index (Phi) is 2.74. The van der Waals surface area contributed by atoms with Crippen LogP contribution in [0.3, 0.4) is 0 Å². The molecule has 1 aliphatic rings. The minimum absolute atomic E-state index is 0.0282. The van der Waals surface area contributed by atoms with Gasteiger partial charge in [0.15, 0.2) is 0 Å². The Morgan fingerprint density at radius 3 is 2.14 bits per heavy atom. The van der Waals surface area contributed by atoms with Crippen molar-refractivity contribution in [3.8, 4) is 39.1 Å². The van der Waals surface area contributed by atoms with E-state index in [1.165, 1.54) is 11.8 Å². The van der Waals surface area contributed by atoms with Crippen molar-refractivity contribution in [2.75, 3.05) is 0 Å². The van der Waals surface area contributed by atoms with Gasteiger partial charge in [0.25, 0.3) is 0 Å². The van der Waals surface area contributed by atoms with Crippen molar-refractivity contribution in [2.24, 2.45) is 0 Å². The predicted octanol–water partition coefficient (Wildman–Crippen LogP) is 11.4. The third kappa shape index (κ3) is 3.46. The highest BCUT2D eigenvalue weighted by Crippen LogP contribution is 2.51. The van der Waals surface area contributed by atoms with Gasteiger partial charge in [-0.2, -0.15) is 0 Å². The van der Waals surface area contributed by atoms with Crippen molar-refractivity contribution < 1.29 is 23.3 Å². The van der Waals surface area contributed by atoms with Crippen LogP contribution in [0.25, 0.3) is 71.6 Å². The summed E-state index contributed by atoms with van der Waals surface area (Å²) < 4.78 is 149. The molecule has 1 aromatic heterocycles. The molecular formula is C40H25NS. The Balaban J connectivity index is 1.41. The minimum Gasteiger partial charge on any atom is -0.309 e. The molecule has 9 rings (SSSR count). The summed E-state index contributed by atoms with van der Waals surface area (Å²) >= 11 is 1.42. The maximum absolute atomic E-state index is 9.32. The molecule has 0 fully saturated rings. The van der Waals surface area contributed by atoms with E-state index in [9.17, 15) is 1.37 Å². The molecule has 0 radical (unpaired) electrons. The fraction of sp³-hybridized carbons (Fsp3) is 0. The van der Waals surface area contributed by atoms with Crippen molar-refractivity contribution in [3.05, 3.63) is 151 Å². The normalized spacial score (nSPS) is 17.9. The van der Waals surface area contributed by atoms with Gasteiger partial charge in [-0.3, -0.25) is 0 Å². The van der Waals surface area contributed by atoms with E-state index >= 15 is 0 Å². The number of rotatable bonds is 3. The molecule has 0 amide bonds. The highest BCUT2D eigenvalue weighted by Gasteiger charge is 2.22. The molecule has 196 valence electrons. The molecular weight excluding hydrogens is 527 g/mol. The molecule has 0 saturated carbocycles. The molecule has 42 heavy (non-hydrogen) atoms. The lowest BCUT2D eigenvalue weighted by molar-refractivity contribution is 1.18. The molecule has 7 aromatic carbocycles. The lowest BCUT2D eigenvalue weighted by Crippen LogP contribution is -1.97. The number of para-hydroxylation sites is 3. The molecule has 0 unspecified atom stereocenters. The van der Waals surface area contributed by atoms with E-state index in [-0.39, 0.29) is 45.0 Å². The van der Waals surface area contributed by atoms with Crippen LogP contribution in [0, 0.1) is 0 Å². The summed E-state index contributed by atoms with van der Waals surface area (Å²) in [5.74, 6) is 0. The fourth-order valence-electron chi connectivity index (χ4n) is 5.75. The number of aromatic nitrogens is 1. The van der Waals surface area contributed by atoms with Crippen molar-refractivity contribution in [1.29, 1.82) is 0 Å². The third-order valence-electron chi connectivity index (χ3n) is 7.47. The average Bonchev–Trinajstić information content (AvgIpc) is 3.57.